The fraction of sp³-hybridized carbons (Fsp3) is 0.167. The summed E-state index contributed by atoms with van der Waals surface area (Å²) >= 11 is 0. The van der Waals surface area contributed by atoms with Gasteiger partial charge < -0.3 is 9.72 Å². The van der Waals surface area contributed by atoms with E-state index in [1.165, 1.54) is 12.1 Å². The van der Waals surface area contributed by atoms with Crippen LogP contribution in [0.5, 0.6) is 0 Å². The lowest BCUT2D eigenvalue weighted by Crippen LogP contribution is -2.13. The molecule has 0 amide bonds. The van der Waals surface area contributed by atoms with Crippen LogP contribution in [-0.4, -0.2) is 16.6 Å². The van der Waals surface area contributed by atoms with Crippen LogP contribution in [0, 0.1) is 5.82 Å². The molecule has 1 aromatic carbocycles. The minimum atomic E-state index is -0.593. The van der Waals surface area contributed by atoms with Gasteiger partial charge in [-0.1, -0.05) is 12.6 Å². The molecule has 17 heavy (non-hydrogen) atoms. The third-order valence-electron chi connectivity index (χ3n) is 2.27. The minimum absolute atomic E-state index is 0.0550. The van der Waals surface area contributed by atoms with Crippen molar-refractivity contribution in [1.82, 2.24) is 9.97 Å². The lowest BCUT2D eigenvalue weighted by Gasteiger charge is -2.06. The van der Waals surface area contributed by atoms with Crippen molar-refractivity contribution in [3.63, 3.8) is 0 Å². The molecule has 0 saturated carbocycles. The van der Waals surface area contributed by atoms with Crippen molar-refractivity contribution in [3.8, 4) is 0 Å². The van der Waals surface area contributed by atoms with E-state index in [0.29, 0.717) is 6.61 Å². The summed E-state index contributed by atoms with van der Waals surface area (Å²) in [5.41, 5.74) is -0.256. The molecule has 2 rings (SSSR count). The number of nitrogens with one attached hydrogen (secondary N) is 1. The monoisotopic (exact) mass is 234 g/mol. The molecule has 1 N–H and O–H groups in total. The van der Waals surface area contributed by atoms with Crippen molar-refractivity contribution in [2.75, 3.05) is 6.61 Å². The Morgan fingerprint density at radius 2 is 2.35 bits per heavy atom. The molecule has 0 fully saturated rings. The fourth-order valence-corrected chi connectivity index (χ4v) is 1.52. The topological polar surface area (TPSA) is 55.0 Å². The largest absolute Gasteiger partial charge is 0.491 e. The summed E-state index contributed by atoms with van der Waals surface area (Å²) < 4.78 is 18.6. The molecule has 0 spiro atoms. The van der Waals surface area contributed by atoms with Gasteiger partial charge in [0.1, 0.15) is 11.2 Å². The van der Waals surface area contributed by atoms with Crippen molar-refractivity contribution in [2.45, 2.75) is 6.92 Å². The molecule has 0 atom stereocenters. The standard InChI is InChI=1S/C12H11FN2O2/c1-3-17-7(2)11-14-9-6-4-5-8(13)10(9)12(16)15-11/h4-6H,2-3H2,1H3,(H,14,15,16). The second-order valence-corrected chi connectivity index (χ2v) is 3.40. The average molecular weight is 234 g/mol. The summed E-state index contributed by atoms with van der Waals surface area (Å²) in [4.78, 5) is 18.2. The molecule has 0 bridgehead atoms. The zero-order valence-electron chi connectivity index (χ0n) is 9.29. The molecule has 0 radical (unpaired) electrons. The number of ether oxygens (including phenoxy) is 1. The summed E-state index contributed by atoms with van der Waals surface area (Å²) in [6.07, 6.45) is 0. The van der Waals surface area contributed by atoms with Crippen molar-refractivity contribution in [1.29, 1.82) is 0 Å². The van der Waals surface area contributed by atoms with Gasteiger partial charge in [-0.05, 0) is 19.1 Å². The Bertz CT molecular complexity index is 634. The molecule has 5 heteroatoms. The molecule has 1 heterocycles. The molecule has 2 aromatic rings. The number of nitrogens with zero attached hydrogens (tertiary/aromatic N) is 1. The molecular formula is C12H11FN2O2. The molecule has 0 aliphatic carbocycles. The van der Waals surface area contributed by atoms with Gasteiger partial charge in [-0.15, -0.1) is 0 Å². The first-order chi connectivity index (χ1) is 8.13. The normalized spacial score (nSPS) is 10.5. The van der Waals surface area contributed by atoms with Gasteiger partial charge in [0.2, 0.25) is 0 Å². The van der Waals surface area contributed by atoms with Crippen LogP contribution in [0.4, 0.5) is 4.39 Å². The zero-order valence-corrected chi connectivity index (χ0v) is 9.29. The van der Waals surface area contributed by atoms with Gasteiger partial charge in [0.05, 0.1) is 12.1 Å². The van der Waals surface area contributed by atoms with Crippen molar-refractivity contribution in [3.05, 3.63) is 46.8 Å². The first-order valence-corrected chi connectivity index (χ1v) is 5.14. The Kier molecular flexibility index (Phi) is 2.91. The van der Waals surface area contributed by atoms with Gasteiger partial charge in [-0.2, -0.15) is 0 Å². The third-order valence-corrected chi connectivity index (χ3v) is 2.27. The summed E-state index contributed by atoms with van der Waals surface area (Å²) in [6, 6.07) is 4.28. The lowest BCUT2D eigenvalue weighted by molar-refractivity contribution is 0.296. The van der Waals surface area contributed by atoms with E-state index < -0.39 is 11.4 Å². The summed E-state index contributed by atoms with van der Waals surface area (Å²) in [5, 5.41) is -0.0550. The van der Waals surface area contributed by atoms with Crippen LogP contribution >= 0.6 is 0 Å². The molecular weight excluding hydrogens is 223 g/mol. The Morgan fingerprint density at radius 3 is 3.06 bits per heavy atom. The van der Waals surface area contributed by atoms with Gasteiger partial charge in [-0.3, -0.25) is 4.79 Å². The number of rotatable bonds is 3. The van der Waals surface area contributed by atoms with Crippen molar-refractivity contribution in [2.24, 2.45) is 0 Å². The Labute approximate surface area is 96.8 Å². The van der Waals surface area contributed by atoms with Crippen molar-refractivity contribution >= 4 is 16.7 Å². The maximum absolute atomic E-state index is 13.4. The van der Waals surface area contributed by atoms with Gasteiger partial charge in [0.25, 0.3) is 5.56 Å². The summed E-state index contributed by atoms with van der Waals surface area (Å²) in [7, 11) is 0. The van der Waals surface area contributed by atoms with Crippen LogP contribution in [0.3, 0.4) is 0 Å². The van der Waals surface area contributed by atoms with Gasteiger partial charge in [-0.25, -0.2) is 9.37 Å². The molecule has 1 aromatic heterocycles. The van der Waals surface area contributed by atoms with Gasteiger partial charge in [0.15, 0.2) is 11.6 Å². The van der Waals surface area contributed by atoms with E-state index in [9.17, 15) is 9.18 Å². The van der Waals surface area contributed by atoms with E-state index in [1.54, 1.807) is 13.0 Å². The molecule has 0 unspecified atom stereocenters. The van der Waals surface area contributed by atoms with E-state index in [-0.39, 0.29) is 22.5 Å². The summed E-state index contributed by atoms with van der Waals surface area (Å²) in [6.45, 7) is 5.85. The highest BCUT2D eigenvalue weighted by Gasteiger charge is 2.10. The van der Waals surface area contributed by atoms with E-state index in [1.807, 2.05) is 0 Å². The fourth-order valence-electron chi connectivity index (χ4n) is 1.52. The number of hydrogen-bond donors (Lipinski definition) is 1. The average Bonchev–Trinajstić information content (AvgIpc) is 2.29. The lowest BCUT2D eigenvalue weighted by atomic mass is 10.2. The Balaban J connectivity index is 2.65. The van der Waals surface area contributed by atoms with Crippen LogP contribution < -0.4 is 5.56 Å². The second-order valence-electron chi connectivity index (χ2n) is 3.40. The SMILES string of the molecule is C=C(OCC)c1nc2cccc(F)c2c(=O)[nH]1. The van der Waals surface area contributed by atoms with Crippen LogP contribution in [0.15, 0.2) is 29.6 Å². The Hall–Kier alpha value is -2.17. The van der Waals surface area contributed by atoms with E-state index >= 15 is 0 Å². The van der Waals surface area contributed by atoms with Crippen LogP contribution in [0.25, 0.3) is 16.7 Å². The molecule has 0 aliphatic heterocycles. The van der Waals surface area contributed by atoms with Crippen LogP contribution in [0.2, 0.25) is 0 Å². The maximum Gasteiger partial charge on any atom is 0.262 e. The first kappa shape index (κ1) is 11.3. The highest BCUT2D eigenvalue weighted by atomic mass is 19.1. The third kappa shape index (κ3) is 2.04. The van der Waals surface area contributed by atoms with Crippen LogP contribution in [0.1, 0.15) is 12.7 Å². The van der Waals surface area contributed by atoms with E-state index in [0.717, 1.165) is 0 Å². The smallest absolute Gasteiger partial charge is 0.262 e. The maximum atomic E-state index is 13.4. The van der Waals surface area contributed by atoms with Gasteiger partial charge >= 0.3 is 0 Å². The second kappa shape index (κ2) is 4.37. The number of aromatic nitrogens is 2. The zero-order chi connectivity index (χ0) is 12.4. The number of benzene rings is 1. The number of halogens is 1. The molecule has 88 valence electrons. The number of H-pyrrole nitrogens is 1. The highest BCUT2D eigenvalue weighted by molar-refractivity contribution is 5.79. The summed E-state index contributed by atoms with van der Waals surface area (Å²) in [5.74, 6) is -0.115. The van der Waals surface area contributed by atoms with Crippen molar-refractivity contribution < 1.29 is 9.13 Å². The number of hydrogen-bond acceptors (Lipinski definition) is 3. The number of aromatic amines is 1. The minimum Gasteiger partial charge on any atom is -0.491 e. The van der Waals surface area contributed by atoms with Gasteiger partial charge in [0, 0.05) is 0 Å². The predicted molar refractivity (Wildman–Crippen MR) is 63.0 cm³/mol. The molecule has 0 aliphatic rings. The predicted octanol–water partition coefficient (Wildman–Crippen LogP) is 2.07. The highest BCUT2D eigenvalue weighted by Crippen LogP contribution is 2.14. The quantitative estimate of drug-likeness (QED) is 0.827. The molecule has 4 nitrogen and oxygen atoms in total. The first-order valence-electron chi connectivity index (χ1n) is 5.14. The van der Waals surface area contributed by atoms with E-state index in [4.69, 9.17) is 4.74 Å². The van der Waals surface area contributed by atoms with Crippen LogP contribution in [-0.2, 0) is 4.74 Å². The Morgan fingerprint density at radius 1 is 1.59 bits per heavy atom. The molecule has 0 saturated heterocycles. The van der Waals surface area contributed by atoms with E-state index in [2.05, 4.69) is 16.5 Å². The number of fused-ring (bicyclic) bond motifs is 1.